The summed E-state index contributed by atoms with van der Waals surface area (Å²) in [5, 5.41) is 4.68. The highest BCUT2D eigenvalue weighted by molar-refractivity contribution is 6.31. The van der Waals surface area contributed by atoms with Crippen LogP contribution in [0.5, 0.6) is 11.5 Å². The van der Waals surface area contributed by atoms with Crippen LogP contribution in [0.1, 0.15) is 11.3 Å². The first-order valence-corrected chi connectivity index (χ1v) is 8.75. The molecule has 26 heavy (non-hydrogen) atoms. The Hall–Kier alpha value is -2.66. The first-order valence-electron chi connectivity index (χ1n) is 8.37. The normalized spacial score (nSPS) is 10.7. The average molecular weight is 373 g/mol. The van der Waals surface area contributed by atoms with Gasteiger partial charge in [0.2, 0.25) is 0 Å². The molecule has 0 saturated carbocycles. The van der Waals surface area contributed by atoms with E-state index in [1.807, 2.05) is 37.3 Å². The summed E-state index contributed by atoms with van der Waals surface area (Å²) < 4.78 is 10.7. The Morgan fingerprint density at radius 3 is 2.73 bits per heavy atom. The van der Waals surface area contributed by atoms with Crippen LogP contribution in [0.2, 0.25) is 5.02 Å². The predicted octanol–water partition coefficient (Wildman–Crippen LogP) is 3.88. The molecule has 0 bridgehead atoms. The molecular weight excluding hydrogens is 352 g/mol. The van der Waals surface area contributed by atoms with Gasteiger partial charge in [-0.05, 0) is 49.2 Å². The summed E-state index contributed by atoms with van der Waals surface area (Å²) in [6, 6.07) is 13.0. The minimum atomic E-state index is -0.175. The van der Waals surface area contributed by atoms with Crippen LogP contribution in [-0.4, -0.2) is 31.2 Å². The number of carbonyl (C=O) groups excluding carboxylic acids is 1. The summed E-state index contributed by atoms with van der Waals surface area (Å²) in [5.41, 5.74) is 3.29. The maximum Gasteiger partial charge on any atom is 0.257 e. The molecule has 2 N–H and O–H groups in total. The zero-order chi connectivity index (χ0) is 18.5. The largest absolute Gasteiger partial charge is 0.493 e. The van der Waals surface area contributed by atoms with Crippen molar-refractivity contribution in [3.8, 4) is 11.5 Å². The molecule has 0 aliphatic rings. The summed E-state index contributed by atoms with van der Waals surface area (Å²) >= 11 is 6.10. The summed E-state index contributed by atoms with van der Waals surface area (Å²) in [5.74, 6) is 0.977. The monoisotopic (exact) mass is 372 g/mol. The van der Waals surface area contributed by atoms with Gasteiger partial charge in [-0.2, -0.15) is 0 Å². The lowest BCUT2D eigenvalue weighted by Gasteiger charge is -2.10. The molecule has 0 radical (unpaired) electrons. The van der Waals surface area contributed by atoms with Crippen molar-refractivity contribution in [2.24, 2.45) is 0 Å². The Kier molecular flexibility index (Phi) is 5.68. The van der Waals surface area contributed by atoms with Crippen LogP contribution in [0.25, 0.3) is 10.9 Å². The van der Waals surface area contributed by atoms with Crippen molar-refractivity contribution < 1.29 is 14.3 Å². The Morgan fingerprint density at radius 1 is 1.19 bits per heavy atom. The van der Waals surface area contributed by atoms with Crippen molar-refractivity contribution in [3.63, 3.8) is 0 Å². The molecule has 0 spiro atoms. The van der Waals surface area contributed by atoms with Gasteiger partial charge in [0, 0.05) is 28.2 Å². The third kappa shape index (κ3) is 4.11. The fraction of sp³-hybridized carbons (Fsp3) is 0.250. The van der Waals surface area contributed by atoms with Crippen LogP contribution in [0, 0.1) is 6.92 Å². The molecule has 5 nitrogen and oxygen atoms in total. The van der Waals surface area contributed by atoms with Gasteiger partial charge in [-0.15, -0.1) is 0 Å². The number of methoxy groups -OCH3 is 1. The number of carbonyl (C=O) groups is 1. The van der Waals surface area contributed by atoms with Crippen molar-refractivity contribution in [1.82, 2.24) is 10.3 Å². The molecule has 3 rings (SSSR count). The van der Waals surface area contributed by atoms with Crippen LogP contribution in [0.4, 0.5) is 0 Å². The number of aromatic amines is 1. The van der Waals surface area contributed by atoms with E-state index in [9.17, 15) is 4.79 Å². The van der Waals surface area contributed by atoms with Crippen molar-refractivity contribution in [2.75, 3.05) is 20.3 Å². The van der Waals surface area contributed by atoms with Crippen LogP contribution < -0.4 is 14.8 Å². The zero-order valence-corrected chi connectivity index (χ0v) is 15.5. The minimum absolute atomic E-state index is 0.0565. The summed E-state index contributed by atoms with van der Waals surface area (Å²) in [6.07, 6.45) is 0.715. The summed E-state index contributed by atoms with van der Waals surface area (Å²) in [7, 11) is 1.57. The Labute approximate surface area is 157 Å². The predicted molar refractivity (Wildman–Crippen MR) is 103 cm³/mol. The fourth-order valence-corrected chi connectivity index (χ4v) is 3.11. The number of benzene rings is 2. The summed E-state index contributed by atoms with van der Waals surface area (Å²) in [6.45, 7) is 2.49. The molecule has 0 saturated heterocycles. The lowest BCUT2D eigenvalue weighted by molar-refractivity contribution is -0.123. The van der Waals surface area contributed by atoms with Gasteiger partial charge in [-0.1, -0.05) is 23.7 Å². The van der Waals surface area contributed by atoms with Crippen molar-refractivity contribution >= 4 is 28.4 Å². The van der Waals surface area contributed by atoms with Gasteiger partial charge in [0.25, 0.3) is 5.91 Å². The molecule has 0 unspecified atom stereocenters. The number of halogens is 1. The van der Waals surface area contributed by atoms with Crippen LogP contribution in [0.3, 0.4) is 0 Å². The van der Waals surface area contributed by atoms with Crippen LogP contribution >= 0.6 is 11.6 Å². The quantitative estimate of drug-likeness (QED) is 0.661. The van der Waals surface area contributed by atoms with Crippen LogP contribution in [-0.2, 0) is 11.2 Å². The molecule has 0 atom stereocenters. The second kappa shape index (κ2) is 8.15. The molecule has 1 amide bonds. The number of hydrogen-bond donors (Lipinski definition) is 2. The molecule has 0 aliphatic carbocycles. The Bertz CT molecular complexity index is 921. The highest BCUT2D eigenvalue weighted by Gasteiger charge is 2.10. The van der Waals surface area contributed by atoms with E-state index in [0.29, 0.717) is 29.5 Å². The third-order valence-corrected chi connectivity index (χ3v) is 4.44. The van der Waals surface area contributed by atoms with Gasteiger partial charge >= 0.3 is 0 Å². The lowest BCUT2D eigenvalue weighted by atomic mass is 10.1. The maximum atomic E-state index is 12.0. The number of rotatable bonds is 7. The van der Waals surface area contributed by atoms with E-state index in [-0.39, 0.29) is 12.5 Å². The Morgan fingerprint density at radius 2 is 1.96 bits per heavy atom. The first kappa shape index (κ1) is 18.1. The highest BCUT2D eigenvalue weighted by atomic mass is 35.5. The molecule has 0 fully saturated rings. The smallest absolute Gasteiger partial charge is 0.257 e. The number of aromatic nitrogens is 1. The number of para-hydroxylation sites is 2. The molecule has 0 aliphatic heterocycles. The van der Waals surface area contributed by atoms with Gasteiger partial charge < -0.3 is 19.8 Å². The highest BCUT2D eigenvalue weighted by Crippen LogP contribution is 2.26. The van der Waals surface area contributed by atoms with E-state index in [1.165, 1.54) is 0 Å². The van der Waals surface area contributed by atoms with Gasteiger partial charge in [-0.3, -0.25) is 4.79 Å². The molecule has 136 valence electrons. The molecule has 3 aromatic rings. The Balaban J connectivity index is 1.54. The zero-order valence-electron chi connectivity index (χ0n) is 14.8. The number of nitrogens with one attached hydrogen (secondary N) is 2. The number of aryl methyl sites for hydroxylation is 1. The van der Waals surface area contributed by atoms with E-state index in [2.05, 4.69) is 10.3 Å². The van der Waals surface area contributed by atoms with Crippen LogP contribution in [0.15, 0.2) is 42.5 Å². The molecule has 6 heteroatoms. The van der Waals surface area contributed by atoms with Gasteiger partial charge in [0.1, 0.15) is 0 Å². The number of H-pyrrole nitrogens is 1. The van der Waals surface area contributed by atoms with E-state index in [4.69, 9.17) is 21.1 Å². The summed E-state index contributed by atoms with van der Waals surface area (Å²) in [4.78, 5) is 15.4. The maximum absolute atomic E-state index is 12.0. The number of amides is 1. The SMILES string of the molecule is COc1ccccc1OCC(=O)NCCc1c(C)[nH]c2ccc(Cl)cc12. The lowest BCUT2D eigenvalue weighted by Crippen LogP contribution is -2.30. The molecule has 2 aromatic carbocycles. The third-order valence-electron chi connectivity index (χ3n) is 4.21. The number of fused-ring (bicyclic) bond motifs is 1. The van der Waals surface area contributed by atoms with E-state index < -0.39 is 0 Å². The average Bonchev–Trinajstić information content (AvgIpc) is 2.95. The van der Waals surface area contributed by atoms with Gasteiger partial charge in [0.15, 0.2) is 18.1 Å². The van der Waals surface area contributed by atoms with Crippen molar-refractivity contribution in [3.05, 3.63) is 58.7 Å². The molecule has 1 aromatic heterocycles. The van der Waals surface area contributed by atoms with E-state index in [0.717, 1.165) is 22.2 Å². The number of hydrogen-bond acceptors (Lipinski definition) is 3. The second-order valence-electron chi connectivity index (χ2n) is 5.96. The fourth-order valence-electron chi connectivity index (χ4n) is 2.94. The van der Waals surface area contributed by atoms with Gasteiger partial charge in [-0.25, -0.2) is 0 Å². The minimum Gasteiger partial charge on any atom is -0.493 e. The van der Waals surface area contributed by atoms with Crippen molar-refractivity contribution in [2.45, 2.75) is 13.3 Å². The number of ether oxygens (including phenoxy) is 2. The van der Waals surface area contributed by atoms with Gasteiger partial charge in [0.05, 0.1) is 7.11 Å². The van der Waals surface area contributed by atoms with E-state index >= 15 is 0 Å². The molecular formula is C20H21ClN2O3. The molecule has 1 heterocycles. The van der Waals surface area contributed by atoms with Crippen molar-refractivity contribution in [1.29, 1.82) is 0 Å². The standard InChI is InChI=1S/C20H21ClN2O3/c1-13-15(16-11-14(21)7-8-17(16)23-13)9-10-22-20(24)12-26-19-6-4-3-5-18(19)25-2/h3-8,11,23H,9-10,12H2,1-2H3,(H,22,24). The van der Waals surface area contributed by atoms with E-state index in [1.54, 1.807) is 19.2 Å². The second-order valence-corrected chi connectivity index (χ2v) is 6.39. The topological polar surface area (TPSA) is 63.4 Å². The first-order chi connectivity index (χ1) is 12.6.